The highest BCUT2D eigenvalue weighted by atomic mass is 32.2. The van der Waals surface area contributed by atoms with Crippen LogP contribution in [0.1, 0.15) is 136 Å². The molecule has 19 nitrogen and oxygen atoms in total. The first-order valence-electron chi connectivity index (χ1n) is 28.0. The number of benzene rings is 2. The molecular formula is C59H71FN10O9S. The Bertz CT molecular complexity index is 3400. The molecule has 1 amide bonds. The summed E-state index contributed by atoms with van der Waals surface area (Å²) in [7, 11) is -1.66. The van der Waals surface area contributed by atoms with Crippen molar-refractivity contribution in [3.8, 4) is 23.3 Å². The van der Waals surface area contributed by atoms with Crippen molar-refractivity contribution >= 4 is 44.2 Å². The maximum absolute atomic E-state index is 15.0. The Morgan fingerprint density at radius 1 is 0.925 bits per heavy atom. The number of aromatic nitrogens is 4. The molecule has 4 N–H and O–H groups in total. The van der Waals surface area contributed by atoms with E-state index in [-0.39, 0.29) is 57.2 Å². The van der Waals surface area contributed by atoms with Crippen LogP contribution in [0.2, 0.25) is 0 Å². The highest BCUT2D eigenvalue weighted by Gasteiger charge is 2.50. The van der Waals surface area contributed by atoms with Crippen LogP contribution >= 0.6 is 0 Å². The molecule has 6 heterocycles. The number of halogens is 1. The fourth-order valence-electron chi connectivity index (χ4n) is 12.7. The number of fused-ring (bicyclic) bond motifs is 1. The number of nitrogens with zero attached hydrogens (tertiary/aromatic N) is 7. The van der Waals surface area contributed by atoms with Gasteiger partial charge in [-0.05, 0) is 124 Å². The van der Waals surface area contributed by atoms with Crippen molar-refractivity contribution in [3.05, 3.63) is 123 Å². The highest BCUT2D eigenvalue weighted by Crippen LogP contribution is 2.54. The van der Waals surface area contributed by atoms with E-state index < -0.39 is 42.9 Å². The molecule has 0 bridgehead atoms. The Kier molecular flexibility index (Phi) is 15.3. The number of carbonyl (C=O) groups excluding carboxylic acids is 1. The maximum atomic E-state index is 15.0. The largest absolute Gasteiger partial charge is 0.481 e. The van der Waals surface area contributed by atoms with Gasteiger partial charge in [-0.2, -0.15) is 4.98 Å². The number of pyridine rings is 3. The van der Waals surface area contributed by atoms with Gasteiger partial charge >= 0.3 is 5.69 Å². The van der Waals surface area contributed by atoms with Gasteiger partial charge in [0, 0.05) is 93.5 Å². The number of nitro groups is 1. The minimum Gasteiger partial charge on any atom is -0.481 e. The second-order valence-electron chi connectivity index (χ2n) is 23.4. The molecule has 0 unspecified atom stereocenters. The Balaban J connectivity index is 0.798. The molecule has 2 saturated heterocycles. The zero-order valence-electron chi connectivity index (χ0n) is 46.0. The SMILES string of the molecule is COc1nc2[nH]cc(F)c2cc1Oc1cc(N2CCC3(CC2)CC(N2CCN(Cc4ccc(C5CC5)c(OC)n4)C[C@H]2c2ccccc2C(C)C)C3)ccc1C(=O)NS(=O)(=O)c1cnc(NCC2CCC(C)(O)CC2)c([N+](=O)[O-])c1. The predicted molar refractivity (Wildman–Crippen MR) is 301 cm³/mol. The minimum absolute atomic E-state index is 0.0157. The molecule has 3 saturated carbocycles. The standard InChI is InChI=1S/C59H71FN10O9S/c1-36(2)43-8-6-7-9-45(43)50-35-67(34-39-12-14-44(38-10-11-38)56(64-39)77-4)24-25-69(50)41-29-59(30-41)20-22-68(23-21-59)40-13-15-46(51(26-40)79-52-28-47-48(60)33-63-53(47)65-57(52)78-5)55(71)66-80(75,76)42-27-49(70(73)74)54(62-32-42)61-31-37-16-18-58(3,72)19-17-37/h6-9,12-15,26-28,32-33,36-38,41,50,72H,10-11,16-25,29-31,34-35H2,1-5H3,(H,61,62)(H,63,65)(H,66,71)/t37?,50-,58?/m0/s1. The van der Waals surface area contributed by atoms with Crippen LogP contribution in [0.15, 0.2) is 84.0 Å². The molecule has 1 spiro atoms. The van der Waals surface area contributed by atoms with Crippen LogP contribution in [0.3, 0.4) is 0 Å². The molecule has 3 aliphatic carbocycles. The molecule has 21 heteroatoms. The van der Waals surface area contributed by atoms with E-state index in [9.17, 15) is 32.8 Å². The number of anilines is 2. The lowest BCUT2D eigenvalue weighted by Gasteiger charge is -2.58. The molecule has 1 atom stereocenters. The van der Waals surface area contributed by atoms with Gasteiger partial charge in [-0.25, -0.2) is 27.5 Å². The van der Waals surface area contributed by atoms with Gasteiger partial charge in [-0.1, -0.05) is 44.2 Å². The molecule has 424 valence electrons. The average molecular weight is 1120 g/mol. The quantitative estimate of drug-likeness (QED) is 0.0463. The van der Waals surface area contributed by atoms with E-state index >= 15 is 0 Å². The number of piperidine rings is 1. The van der Waals surface area contributed by atoms with Crippen molar-refractivity contribution in [3.63, 3.8) is 0 Å². The lowest BCUT2D eigenvalue weighted by atomic mass is 9.59. The number of hydrogen-bond donors (Lipinski definition) is 4. The summed E-state index contributed by atoms with van der Waals surface area (Å²) in [6, 6.07) is 21.1. The van der Waals surface area contributed by atoms with E-state index in [2.05, 4.69) is 89.9 Å². The molecule has 0 radical (unpaired) electrons. The van der Waals surface area contributed by atoms with Crippen LogP contribution in [0.4, 0.5) is 21.6 Å². The molecule has 80 heavy (non-hydrogen) atoms. The number of ether oxygens (including phenoxy) is 3. The zero-order valence-corrected chi connectivity index (χ0v) is 46.9. The first-order valence-corrected chi connectivity index (χ1v) is 29.4. The normalized spacial score (nSPS) is 21.8. The third-order valence-corrected chi connectivity index (χ3v) is 18.8. The lowest BCUT2D eigenvalue weighted by Crippen LogP contribution is -2.60. The van der Waals surface area contributed by atoms with Gasteiger partial charge in [0.2, 0.25) is 11.7 Å². The Morgan fingerprint density at radius 2 is 1.68 bits per heavy atom. The number of aromatic amines is 1. The number of H-pyrrole nitrogens is 1. The summed E-state index contributed by atoms with van der Waals surface area (Å²) >= 11 is 0. The van der Waals surface area contributed by atoms with Gasteiger partial charge < -0.3 is 34.5 Å². The van der Waals surface area contributed by atoms with E-state index in [0.717, 1.165) is 101 Å². The number of amides is 1. The van der Waals surface area contributed by atoms with Crippen molar-refractivity contribution < 1.29 is 41.8 Å². The predicted octanol–water partition coefficient (Wildman–Crippen LogP) is 9.99. The zero-order chi connectivity index (χ0) is 56.1. The topological polar surface area (TPSA) is 231 Å². The average Bonchev–Trinajstić information content (AvgIpc) is 4.23. The fraction of sp³-hybridized carbons (Fsp3) is 0.492. The third kappa shape index (κ3) is 11.5. The molecule has 2 aromatic carbocycles. The number of methoxy groups -OCH3 is 2. The molecule has 5 aliphatic rings. The number of sulfonamides is 1. The van der Waals surface area contributed by atoms with Crippen molar-refractivity contribution in [1.29, 1.82) is 0 Å². The number of piperazine rings is 1. The lowest BCUT2D eigenvalue weighted by molar-refractivity contribution is -0.384. The molecule has 6 aromatic rings. The van der Waals surface area contributed by atoms with Crippen LogP contribution in [0, 0.1) is 27.3 Å². The number of aliphatic hydroxyl groups is 1. The van der Waals surface area contributed by atoms with Gasteiger partial charge in [-0.15, -0.1) is 0 Å². The Labute approximate surface area is 465 Å². The summed E-state index contributed by atoms with van der Waals surface area (Å²) in [5, 5.41) is 25.7. The van der Waals surface area contributed by atoms with Crippen LogP contribution in [-0.4, -0.2) is 119 Å². The monoisotopic (exact) mass is 1110 g/mol. The molecule has 11 rings (SSSR count). The minimum atomic E-state index is -4.75. The molecular weight excluding hydrogens is 1040 g/mol. The number of carbonyl (C=O) groups is 1. The second-order valence-corrected chi connectivity index (χ2v) is 25.0. The van der Waals surface area contributed by atoms with Crippen LogP contribution in [0.25, 0.3) is 11.0 Å². The second kappa shape index (κ2) is 22.2. The smallest absolute Gasteiger partial charge is 0.312 e. The van der Waals surface area contributed by atoms with Crippen LogP contribution in [0.5, 0.6) is 23.3 Å². The fourth-order valence-corrected chi connectivity index (χ4v) is 13.6. The molecule has 2 aliphatic heterocycles. The van der Waals surface area contributed by atoms with Gasteiger partial charge in [0.05, 0.1) is 47.6 Å². The summed E-state index contributed by atoms with van der Waals surface area (Å²) in [6.07, 6.45) is 11.1. The summed E-state index contributed by atoms with van der Waals surface area (Å²) in [5.41, 5.74) is 4.58. The third-order valence-electron chi connectivity index (χ3n) is 17.5. The van der Waals surface area contributed by atoms with E-state index in [1.54, 1.807) is 26.2 Å². The van der Waals surface area contributed by atoms with Crippen molar-refractivity contribution in [2.45, 2.75) is 126 Å². The van der Waals surface area contributed by atoms with Gasteiger partial charge in [-0.3, -0.25) is 24.7 Å². The van der Waals surface area contributed by atoms with Crippen molar-refractivity contribution in [1.82, 2.24) is 34.5 Å². The van der Waals surface area contributed by atoms with E-state index in [0.29, 0.717) is 50.1 Å². The van der Waals surface area contributed by atoms with E-state index in [1.165, 1.54) is 48.8 Å². The van der Waals surface area contributed by atoms with Gasteiger partial charge in [0.1, 0.15) is 22.1 Å². The van der Waals surface area contributed by atoms with Gasteiger partial charge in [0.15, 0.2) is 5.75 Å². The maximum Gasteiger partial charge on any atom is 0.312 e. The Hall–Kier alpha value is -6.94. The summed E-state index contributed by atoms with van der Waals surface area (Å²) < 4.78 is 62.5. The molecule has 5 fully saturated rings. The summed E-state index contributed by atoms with van der Waals surface area (Å²) in [6.45, 7) is 11.7. The van der Waals surface area contributed by atoms with Crippen LogP contribution < -0.4 is 29.1 Å². The van der Waals surface area contributed by atoms with Crippen molar-refractivity contribution in [2.24, 2.45) is 11.3 Å². The van der Waals surface area contributed by atoms with Crippen LogP contribution in [-0.2, 0) is 16.6 Å². The van der Waals surface area contributed by atoms with E-state index in [1.807, 2.05) is 0 Å². The first kappa shape index (κ1) is 55.0. The summed E-state index contributed by atoms with van der Waals surface area (Å²) in [4.78, 5) is 48.9. The number of hydrogen-bond acceptors (Lipinski definition) is 16. The molecule has 4 aromatic heterocycles. The number of rotatable bonds is 18. The summed E-state index contributed by atoms with van der Waals surface area (Å²) in [5.74, 6) is -0.0693. The van der Waals surface area contributed by atoms with E-state index in [4.69, 9.17) is 19.2 Å². The number of nitrogens with one attached hydrogen (secondary N) is 3. The Morgan fingerprint density at radius 3 is 2.39 bits per heavy atom. The first-order chi connectivity index (χ1) is 38.4. The highest BCUT2D eigenvalue weighted by molar-refractivity contribution is 7.90. The van der Waals surface area contributed by atoms with Crippen molar-refractivity contribution in [2.75, 3.05) is 63.7 Å². The van der Waals surface area contributed by atoms with Gasteiger partial charge in [0.25, 0.3) is 21.8 Å².